The van der Waals surface area contributed by atoms with Crippen molar-refractivity contribution in [1.82, 2.24) is 4.90 Å². The van der Waals surface area contributed by atoms with Crippen molar-refractivity contribution in [1.29, 1.82) is 0 Å². The summed E-state index contributed by atoms with van der Waals surface area (Å²) in [5.74, 6) is 0. The van der Waals surface area contributed by atoms with Gasteiger partial charge in [-0.15, -0.1) is 0 Å². The standard InChI is InChI=1S/C15H22N2.2C2H6/c1-11-3-4-12-10-15(14(16)13(12)9-11)5-7-17(2)8-6-15;2*1-2/h3-4,9,14H,5-8,10,16H2,1-2H3;2*1-2H3/t14-;;/m1../s1. The third kappa shape index (κ3) is 3.67. The molecule has 0 amide bonds. The van der Waals surface area contributed by atoms with Crippen LogP contribution in [0.1, 0.15) is 63.3 Å². The van der Waals surface area contributed by atoms with Gasteiger partial charge in [0.2, 0.25) is 0 Å². The number of likely N-dealkylation sites (tertiary alicyclic amines) is 1. The van der Waals surface area contributed by atoms with Gasteiger partial charge in [0.1, 0.15) is 0 Å². The molecule has 1 aromatic rings. The quantitative estimate of drug-likeness (QED) is 0.771. The Morgan fingerprint density at radius 3 is 2.24 bits per heavy atom. The highest BCUT2D eigenvalue weighted by Gasteiger charge is 2.45. The highest BCUT2D eigenvalue weighted by molar-refractivity contribution is 5.40. The smallest absolute Gasteiger partial charge is 0.0359 e. The minimum absolute atomic E-state index is 0.256. The average Bonchev–Trinajstić information content (AvgIpc) is 2.80. The predicted molar refractivity (Wildman–Crippen MR) is 93.7 cm³/mol. The van der Waals surface area contributed by atoms with Crippen LogP contribution in [0.15, 0.2) is 18.2 Å². The van der Waals surface area contributed by atoms with Crippen molar-refractivity contribution in [2.75, 3.05) is 20.1 Å². The topological polar surface area (TPSA) is 29.3 Å². The number of rotatable bonds is 0. The zero-order chi connectivity index (χ0) is 16.0. The summed E-state index contributed by atoms with van der Waals surface area (Å²) in [7, 11) is 2.21. The number of hydrogen-bond donors (Lipinski definition) is 1. The lowest BCUT2D eigenvalue weighted by Crippen LogP contribution is -2.42. The molecule has 0 radical (unpaired) electrons. The monoisotopic (exact) mass is 290 g/mol. The maximum absolute atomic E-state index is 6.55. The Hall–Kier alpha value is -0.860. The maximum atomic E-state index is 6.55. The van der Waals surface area contributed by atoms with Crippen molar-refractivity contribution in [3.63, 3.8) is 0 Å². The molecule has 2 heteroatoms. The van der Waals surface area contributed by atoms with E-state index in [1.165, 1.54) is 49.0 Å². The minimum Gasteiger partial charge on any atom is -0.323 e. The van der Waals surface area contributed by atoms with E-state index in [9.17, 15) is 0 Å². The lowest BCUT2D eigenvalue weighted by Gasteiger charge is -2.41. The molecule has 1 aliphatic heterocycles. The number of piperidine rings is 1. The van der Waals surface area contributed by atoms with Crippen molar-refractivity contribution < 1.29 is 0 Å². The van der Waals surface area contributed by atoms with Gasteiger partial charge in [0.15, 0.2) is 0 Å². The van der Waals surface area contributed by atoms with Crippen molar-refractivity contribution in [2.24, 2.45) is 11.1 Å². The lowest BCUT2D eigenvalue weighted by atomic mass is 9.73. The van der Waals surface area contributed by atoms with Gasteiger partial charge in [0, 0.05) is 6.04 Å². The summed E-state index contributed by atoms with van der Waals surface area (Å²) in [5.41, 5.74) is 11.1. The zero-order valence-electron chi connectivity index (χ0n) is 14.9. The van der Waals surface area contributed by atoms with E-state index in [1.807, 2.05) is 27.7 Å². The van der Waals surface area contributed by atoms with E-state index in [2.05, 4.69) is 37.1 Å². The third-order valence-corrected chi connectivity index (χ3v) is 4.82. The van der Waals surface area contributed by atoms with Crippen LogP contribution in [0.25, 0.3) is 0 Å². The Kier molecular flexibility index (Phi) is 6.89. The van der Waals surface area contributed by atoms with Crippen LogP contribution in [0.4, 0.5) is 0 Å². The van der Waals surface area contributed by atoms with E-state index in [-0.39, 0.29) is 6.04 Å². The highest BCUT2D eigenvalue weighted by Crippen LogP contribution is 2.50. The number of nitrogens with two attached hydrogens (primary N) is 1. The second-order valence-electron chi connectivity index (χ2n) is 6.02. The van der Waals surface area contributed by atoms with E-state index in [4.69, 9.17) is 5.73 Å². The van der Waals surface area contributed by atoms with Gasteiger partial charge >= 0.3 is 0 Å². The maximum Gasteiger partial charge on any atom is 0.0359 e. The van der Waals surface area contributed by atoms with Gasteiger partial charge in [0.05, 0.1) is 0 Å². The molecule has 120 valence electrons. The molecule has 2 nitrogen and oxygen atoms in total. The van der Waals surface area contributed by atoms with Crippen molar-refractivity contribution in [3.05, 3.63) is 34.9 Å². The number of fused-ring (bicyclic) bond motifs is 1. The van der Waals surface area contributed by atoms with Crippen LogP contribution in [0, 0.1) is 12.3 Å². The average molecular weight is 290 g/mol. The predicted octanol–water partition coefficient (Wildman–Crippen LogP) is 4.32. The van der Waals surface area contributed by atoms with Gasteiger partial charge in [0.25, 0.3) is 0 Å². The molecule has 1 spiro atoms. The van der Waals surface area contributed by atoms with Gasteiger partial charge in [-0.05, 0) is 62.9 Å². The number of nitrogens with zero attached hydrogens (tertiary/aromatic N) is 1. The van der Waals surface area contributed by atoms with Crippen LogP contribution < -0.4 is 5.73 Å². The van der Waals surface area contributed by atoms with Crippen LogP contribution in [0.3, 0.4) is 0 Å². The van der Waals surface area contributed by atoms with Crippen LogP contribution in [-0.2, 0) is 6.42 Å². The molecule has 0 aromatic heterocycles. The molecule has 1 atom stereocenters. The Labute approximate surface area is 131 Å². The third-order valence-electron chi connectivity index (χ3n) is 4.82. The Bertz CT molecular complexity index is 431. The molecule has 0 unspecified atom stereocenters. The second kappa shape index (κ2) is 7.95. The summed E-state index contributed by atoms with van der Waals surface area (Å²) < 4.78 is 0. The van der Waals surface area contributed by atoms with E-state index >= 15 is 0 Å². The molecule has 1 heterocycles. The summed E-state index contributed by atoms with van der Waals surface area (Å²) in [6, 6.07) is 7.07. The molecule has 2 aliphatic rings. The number of aryl methyl sites for hydroxylation is 1. The second-order valence-corrected chi connectivity index (χ2v) is 6.02. The van der Waals surface area contributed by atoms with Crippen LogP contribution >= 0.6 is 0 Å². The number of hydrogen-bond acceptors (Lipinski definition) is 2. The fourth-order valence-corrected chi connectivity index (χ4v) is 3.54. The fraction of sp³-hybridized carbons (Fsp3) is 0.684. The Morgan fingerprint density at radius 2 is 1.67 bits per heavy atom. The summed E-state index contributed by atoms with van der Waals surface area (Å²) >= 11 is 0. The van der Waals surface area contributed by atoms with Crippen molar-refractivity contribution in [3.8, 4) is 0 Å². The SMILES string of the molecule is CC.CC.Cc1ccc2c(c1)[C@@H](N)C1(CCN(C)CC1)C2. The molecule has 1 fully saturated rings. The van der Waals surface area contributed by atoms with Gasteiger partial charge < -0.3 is 10.6 Å². The van der Waals surface area contributed by atoms with Crippen LogP contribution in [0.2, 0.25) is 0 Å². The van der Waals surface area contributed by atoms with Gasteiger partial charge in [-0.25, -0.2) is 0 Å². The minimum atomic E-state index is 0.256. The first-order chi connectivity index (χ1) is 10.1. The molecule has 0 saturated carbocycles. The van der Waals surface area contributed by atoms with Gasteiger partial charge in [-0.1, -0.05) is 51.5 Å². The van der Waals surface area contributed by atoms with E-state index in [0.29, 0.717) is 5.41 Å². The Balaban J connectivity index is 0.000000510. The molecule has 3 rings (SSSR count). The molecule has 21 heavy (non-hydrogen) atoms. The molecule has 1 saturated heterocycles. The first-order valence-corrected chi connectivity index (χ1v) is 8.64. The van der Waals surface area contributed by atoms with Crippen molar-refractivity contribution >= 4 is 0 Å². The summed E-state index contributed by atoms with van der Waals surface area (Å²) in [5, 5.41) is 0. The largest absolute Gasteiger partial charge is 0.323 e. The van der Waals surface area contributed by atoms with Crippen molar-refractivity contribution in [2.45, 2.75) is 59.9 Å². The summed E-state index contributed by atoms with van der Waals surface area (Å²) in [6.45, 7) is 12.5. The van der Waals surface area contributed by atoms with Gasteiger partial charge in [-0.3, -0.25) is 0 Å². The van der Waals surface area contributed by atoms with E-state index in [0.717, 1.165) is 0 Å². The molecule has 1 aromatic carbocycles. The van der Waals surface area contributed by atoms with Crippen LogP contribution in [0.5, 0.6) is 0 Å². The van der Waals surface area contributed by atoms with Gasteiger partial charge in [-0.2, -0.15) is 0 Å². The molecule has 2 N–H and O–H groups in total. The summed E-state index contributed by atoms with van der Waals surface area (Å²) in [4.78, 5) is 2.42. The van der Waals surface area contributed by atoms with E-state index in [1.54, 1.807) is 0 Å². The lowest BCUT2D eigenvalue weighted by molar-refractivity contribution is 0.106. The highest BCUT2D eigenvalue weighted by atomic mass is 15.1. The number of benzene rings is 1. The summed E-state index contributed by atoms with van der Waals surface area (Å²) in [6.07, 6.45) is 3.69. The molecule has 1 aliphatic carbocycles. The van der Waals surface area contributed by atoms with E-state index < -0.39 is 0 Å². The molecular weight excluding hydrogens is 256 g/mol. The fourth-order valence-electron chi connectivity index (χ4n) is 3.54. The normalized spacial score (nSPS) is 22.7. The zero-order valence-corrected chi connectivity index (χ0v) is 14.9. The molecule has 0 bridgehead atoms. The first kappa shape index (κ1) is 18.2. The Morgan fingerprint density at radius 1 is 1.10 bits per heavy atom. The molecular formula is C19H34N2. The van der Waals surface area contributed by atoms with Crippen LogP contribution in [-0.4, -0.2) is 25.0 Å². The first-order valence-electron chi connectivity index (χ1n) is 8.64.